The van der Waals surface area contributed by atoms with E-state index in [2.05, 4.69) is 19.2 Å². The van der Waals surface area contributed by atoms with E-state index in [0.717, 1.165) is 32.1 Å². The molecule has 56 heavy (non-hydrogen) atoms. The number of unbranched alkanes of at least 4 members (excludes halogenated alkanes) is 30. The molecule has 0 heterocycles. The van der Waals surface area contributed by atoms with Crippen molar-refractivity contribution in [3.05, 3.63) is 0 Å². The Labute approximate surface area is 348 Å². The Balaban J connectivity index is 4.44. The van der Waals surface area contributed by atoms with Crippen molar-refractivity contribution in [1.82, 2.24) is 10.2 Å². The average molecular weight is 819 g/mol. The minimum Gasteiger partial charge on any atom is -0.379 e. The highest BCUT2D eigenvalue weighted by molar-refractivity contribution is 7.47. The quantitative estimate of drug-likeness (QED) is 0.0361. The topological polar surface area (TPSA) is 97.3 Å². The molecule has 0 spiro atoms. The van der Waals surface area contributed by atoms with E-state index in [1.165, 1.54) is 173 Å². The fourth-order valence-electron chi connectivity index (χ4n) is 7.26. The third-order valence-electron chi connectivity index (χ3n) is 11.0. The van der Waals surface area contributed by atoms with Gasteiger partial charge in [0, 0.05) is 20.2 Å². The first-order valence-corrected chi connectivity index (χ1v) is 25.5. The second kappa shape index (κ2) is 39.7. The summed E-state index contributed by atoms with van der Waals surface area (Å²) in [7, 11) is 3.29. The molecule has 0 aromatic heterocycles. The molecule has 2 amide bonds. The molecule has 336 valence electrons. The van der Waals surface area contributed by atoms with Gasteiger partial charge in [0.15, 0.2) is 0 Å². The minimum absolute atomic E-state index is 0.0996. The van der Waals surface area contributed by atoms with Gasteiger partial charge in [0.25, 0.3) is 0 Å². The van der Waals surface area contributed by atoms with E-state index >= 15 is 0 Å². The van der Waals surface area contributed by atoms with Crippen LogP contribution in [0.2, 0.25) is 0 Å². The molecule has 0 rings (SSSR count). The molecule has 0 radical (unpaired) electrons. The summed E-state index contributed by atoms with van der Waals surface area (Å²) in [6.07, 6.45) is 41.1. The fraction of sp³-hybridized carbons (Fsp3) is 0.978. The lowest BCUT2D eigenvalue weighted by Gasteiger charge is -2.29. The molecule has 9 nitrogen and oxygen atoms in total. The number of likely N-dealkylation sites (N-methyl/N-ethyl adjacent to an activating group) is 1. The lowest BCUT2D eigenvalue weighted by atomic mass is 10.0. The molecular weight excluding hydrogens is 721 g/mol. The van der Waals surface area contributed by atoms with E-state index < -0.39 is 13.9 Å². The molecule has 0 aromatic carbocycles. The second-order valence-corrected chi connectivity index (χ2v) is 19.1. The summed E-state index contributed by atoms with van der Waals surface area (Å²) in [5.74, 6) is 0. The van der Waals surface area contributed by atoms with Crippen LogP contribution in [0.3, 0.4) is 0 Å². The summed E-state index contributed by atoms with van der Waals surface area (Å²) in [5, 5.41) is 2.74. The van der Waals surface area contributed by atoms with Gasteiger partial charge < -0.3 is 24.3 Å². The van der Waals surface area contributed by atoms with Gasteiger partial charge in [-0.2, -0.15) is 0 Å². The SMILES string of the molecule is CCCCCCCCCCCCCCCCCCCCOCC(CN(CCCCCCCCCCCCCCCC)C(=O)NC)OP(=O)(O)OCC[N+](C)(C)C. The second-order valence-electron chi connectivity index (χ2n) is 17.7. The maximum absolute atomic E-state index is 13.0. The van der Waals surface area contributed by atoms with Crippen molar-refractivity contribution in [3.8, 4) is 0 Å². The summed E-state index contributed by atoms with van der Waals surface area (Å²) < 4.78 is 30.6. The number of amides is 2. The largest absolute Gasteiger partial charge is 0.472 e. The molecule has 0 aliphatic heterocycles. The van der Waals surface area contributed by atoms with Crippen LogP contribution in [0, 0.1) is 0 Å². The molecule has 0 bridgehead atoms. The van der Waals surface area contributed by atoms with Crippen molar-refractivity contribution in [2.75, 3.05) is 67.6 Å². The van der Waals surface area contributed by atoms with Gasteiger partial charge in [-0.05, 0) is 12.8 Å². The Hall–Kier alpha value is -0.700. The van der Waals surface area contributed by atoms with Crippen LogP contribution in [-0.4, -0.2) is 94.1 Å². The third-order valence-corrected chi connectivity index (χ3v) is 12.0. The zero-order chi connectivity index (χ0) is 41.4. The molecule has 0 aromatic rings. The molecule has 0 fully saturated rings. The highest BCUT2D eigenvalue weighted by Crippen LogP contribution is 2.44. The van der Waals surface area contributed by atoms with Crippen molar-refractivity contribution in [2.45, 2.75) is 225 Å². The normalized spacial score (nSPS) is 13.6. The lowest BCUT2D eigenvalue weighted by molar-refractivity contribution is -0.870. The number of phosphoric ester groups is 1. The number of nitrogens with zero attached hydrogens (tertiary/aromatic N) is 2. The Morgan fingerprint density at radius 1 is 0.589 bits per heavy atom. The number of urea groups is 1. The van der Waals surface area contributed by atoms with Gasteiger partial charge in [0.1, 0.15) is 19.3 Å². The molecule has 2 unspecified atom stereocenters. The van der Waals surface area contributed by atoms with Gasteiger partial charge >= 0.3 is 13.9 Å². The first kappa shape index (κ1) is 55.3. The molecular formula is C46H97N3O6P+. The first-order chi connectivity index (χ1) is 27.0. The van der Waals surface area contributed by atoms with E-state index in [-0.39, 0.29) is 25.8 Å². The summed E-state index contributed by atoms with van der Waals surface area (Å²) in [6.45, 7) is 6.65. The van der Waals surface area contributed by atoms with Crippen LogP contribution < -0.4 is 5.32 Å². The summed E-state index contributed by atoms with van der Waals surface area (Å²) in [5.41, 5.74) is 0. The van der Waals surface area contributed by atoms with Crippen molar-refractivity contribution in [3.63, 3.8) is 0 Å². The van der Waals surface area contributed by atoms with E-state index in [1.807, 2.05) is 21.1 Å². The molecule has 0 saturated carbocycles. The van der Waals surface area contributed by atoms with Gasteiger partial charge in [-0.25, -0.2) is 9.36 Å². The molecule has 2 atom stereocenters. The number of ether oxygens (including phenoxy) is 1. The number of phosphoric acid groups is 1. The van der Waals surface area contributed by atoms with Crippen LogP contribution in [0.4, 0.5) is 4.79 Å². The van der Waals surface area contributed by atoms with Crippen LogP contribution in [0.5, 0.6) is 0 Å². The zero-order valence-electron chi connectivity index (χ0n) is 38.3. The van der Waals surface area contributed by atoms with Crippen molar-refractivity contribution >= 4 is 13.9 Å². The van der Waals surface area contributed by atoms with E-state index in [0.29, 0.717) is 24.2 Å². The highest BCUT2D eigenvalue weighted by atomic mass is 31.2. The molecule has 0 aliphatic carbocycles. The monoisotopic (exact) mass is 819 g/mol. The predicted octanol–water partition coefficient (Wildman–Crippen LogP) is 13.4. The maximum atomic E-state index is 13.0. The standard InChI is InChI=1S/C46H96N3O6P/c1-7-9-11-13-15-17-19-21-23-24-25-26-28-30-32-34-36-38-41-53-44-45(55-56(51,52)54-42-40-49(4,5)6)43-48(46(50)47-3)39-37-35-33-31-29-27-22-20-18-16-14-12-10-8-2/h45H,7-44H2,1-6H3,(H-,47,50,51,52)/p+1. The van der Waals surface area contributed by atoms with Crippen LogP contribution >= 0.6 is 7.82 Å². The number of rotatable bonds is 44. The summed E-state index contributed by atoms with van der Waals surface area (Å²) in [4.78, 5) is 25.2. The van der Waals surface area contributed by atoms with Crippen molar-refractivity contribution in [1.29, 1.82) is 0 Å². The summed E-state index contributed by atoms with van der Waals surface area (Å²) >= 11 is 0. The number of carbonyl (C=O) groups excluding carboxylic acids is 1. The van der Waals surface area contributed by atoms with Crippen LogP contribution in [0.25, 0.3) is 0 Å². The van der Waals surface area contributed by atoms with Crippen LogP contribution in [0.1, 0.15) is 219 Å². The van der Waals surface area contributed by atoms with E-state index in [4.69, 9.17) is 13.8 Å². The summed E-state index contributed by atoms with van der Waals surface area (Å²) in [6, 6.07) is -0.212. The predicted molar refractivity (Wildman–Crippen MR) is 239 cm³/mol. The van der Waals surface area contributed by atoms with Crippen molar-refractivity contribution in [2.24, 2.45) is 0 Å². The van der Waals surface area contributed by atoms with Gasteiger partial charge in [0.2, 0.25) is 0 Å². The zero-order valence-corrected chi connectivity index (χ0v) is 39.2. The maximum Gasteiger partial charge on any atom is 0.472 e. The Morgan fingerprint density at radius 3 is 1.30 bits per heavy atom. The van der Waals surface area contributed by atoms with Crippen LogP contribution in [-0.2, 0) is 18.3 Å². The number of nitrogens with one attached hydrogen (secondary N) is 1. The number of hydrogen-bond donors (Lipinski definition) is 2. The number of carbonyl (C=O) groups is 1. The Kier molecular flexibility index (Phi) is 39.2. The highest BCUT2D eigenvalue weighted by Gasteiger charge is 2.30. The molecule has 2 N–H and O–H groups in total. The van der Waals surface area contributed by atoms with Gasteiger partial charge in [-0.15, -0.1) is 0 Å². The van der Waals surface area contributed by atoms with E-state index in [9.17, 15) is 14.3 Å². The smallest absolute Gasteiger partial charge is 0.379 e. The molecule has 0 aliphatic rings. The van der Waals surface area contributed by atoms with Gasteiger partial charge in [-0.1, -0.05) is 206 Å². The Bertz CT molecular complexity index is 889. The molecule has 0 saturated heterocycles. The van der Waals surface area contributed by atoms with E-state index in [1.54, 1.807) is 11.9 Å². The average Bonchev–Trinajstić information content (AvgIpc) is 3.15. The fourth-order valence-corrected chi connectivity index (χ4v) is 8.14. The minimum atomic E-state index is -4.34. The van der Waals surface area contributed by atoms with Gasteiger partial charge in [-0.3, -0.25) is 9.05 Å². The third kappa shape index (κ3) is 40.1. The first-order valence-electron chi connectivity index (χ1n) is 24.0. The number of quaternary nitrogens is 1. The lowest BCUT2D eigenvalue weighted by Crippen LogP contribution is -2.44. The van der Waals surface area contributed by atoms with Crippen LogP contribution in [0.15, 0.2) is 0 Å². The van der Waals surface area contributed by atoms with Gasteiger partial charge in [0.05, 0.1) is 34.3 Å². The molecule has 10 heteroatoms. The van der Waals surface area contributed by atoms with Crippen molar-refractivity contribution < 1.29 is 32.5 Å². The number of hydrogen-bond acceptors (Lipinski definition) is 5. The Morgan fingerprint density at radius 2 is 0.946 bits per heavy atom.